The van der Waals surface area contributed by atoms with E-state index in [1.54, 1.807) is 6.20 Å². The molecule has 0 saturated carbocycles. The molecule has 3 N–H and O–H groups in total. The normalized spacial score (nSPS) is 12.4. The number of carbonyl (C=O) groups excluding carboxylic acids is 1. The van der Waals surface area contributed by atoms with Gasteiger partial charge >= 0.3 is 0 Å². The first-order valence-electron chi connectivity index (χ1n) is 5.00. The molecule has 0 bridgehead atoms. The van der Waals surface area contributed by atoms with Crippen LogP contribution in [-0.2, 0) is 11.3 Å². The van der Waals surface area contributed by atoms with Gasteiger partial charge in [0.15, 0.2) is 0 Å². The van der Waals surface area contributed by atoms with Crippen molar-refractivity contribution in [3.63, 3.8) is 0 Å². The van der Waals surface area contributed by atoms with E-state index in [1.807, 2.05) is 26.1 Å². The van der Waals surface area contributed by atoms with Gasteiger partial charge in [-0.2, -0.15) is 0 Å². The maximum atomic E-state index is 10.8. The number of hydrogen-bond acceptors (Lipinski definition) is 3. The zero-order valence-electron chi connectivity index (χ0n) is 9.16. The summed E-state index contributed by atoms with van der Waals surface area (Å²) in [6, 6.07) is 1.97. The maximum Gasteiger partial charge on any atom is 0.221 e. The quantitative estimate of drug-likeness (QED) is 0.743. The van der Waals surface area contributed by atoms with Crippen molar-refractivity contribution in [3.8, 4) is 0 Å². The Balaban J connectivity index is 2.38. The number of primary amides is 1. The molecule has 0 fully saturated rings. The average molecular weight is 207 g/mol. The van der Waals surface area contributed by atoms with Gasteiger partial charge in [0.25, 0.3) is 0 Å². The minimum atomic E-state index is -0.273. The van der Waals surface area contributed by atoms with Crippen molar-refractivity contribution in [2.75, 3.05) is 6.54 Å². The van der Waals surface area contributed by atoms with Crippen molar-refractivity contribution in [2.45, 2.75) is 20.4 Å². The van der Waals surface area contributed by atoms with Gasteiger partial charge in [0.05, 0.1) is 0 Å². The van der Waals surface area contributed by atoms with Gasteiger partial charge in [0.2, 0.25) is 5.91 Å². The lowest BCUT2D eigenvalue weighted by atomic mass is 10.1. The van der Waals surface area contributed by atoms with Crippen molar-refractivity contribution in [1.29, 1.82) is 0 Å². The smallest absolute Gasteiger partial charge is 0.221 e. The summed E-state index contributed by atoms with van der Waals surface area (Å²) >= 11 is 0. The van der Waals surface area contributed by atoms with Crippen LogP contribution in [0.3, 0.4) is 0 Å². The molecule has 82 valence electrons. The summed E-state index contributed by atoms with van der Waals surface area (Å²) in [5.74, 6) is -0.410. The van der Waals surface area contributed by atoms with Crippen LogP contribution in [0.25, 0.3) is 0 Å². The summed E-state index contributed by atoms with van der Waals surface area (Å²) in [5.41, 5.74) is 7.50. The molecule has 1 heterocycles. The molecule has 0 aliphatic carbocycles. The fraction of sp³-hybridized carbons (Fsp3) is 0.455. The van der Waals surface area contributed by atoms with Crippen molar-refractivity contribution in [3.05, 3.63) is 29.6 Å². The van der Waals surface area contributed by atoms with Crippen molar-refractivity contribution in [2.24, 2.45) is 11.7 Å². The summed E-state index contributed by atoms with van der Waals surface area (Å²) in [4.78, 5) is 14.8. The molecule has 0 saturated heterocycles. The number of nitrogens with zero attached hydrogens (tertiary/aromatic N) is 1. The molecule has 0 aliphatic rings. The van der Waals surface area contributed by atoms with Crippen LogP contribution in [0.4, 0.5) is 0 Å². The number of pyridine rings is 1. The number of hydrogen-bond donors (Lipinski definition) is 2. The molecule has 1 aromatic heterocycles. The summed E-state index contributed by atoms with van der Waals surface area (Å²) in [7, 11) is 0. The van der Waals surface area contributed by atoms with Crippen molar-refractivity contribution >= 4 is 5.91 Å². The minimum Gasteiger partial charge on any atom is -0.369 e. The number of carbonyl (C=O) groups is 1. The third kappa shape index (κ3) is 3.67. The number of aryl methyl sites for hydroxylation is 1. The Morgan fingerprint density at radius 3 is 3.00 bits per heavy atom. The topological polar surface area (TPSA) is 68.0 Å². The second kappa shape index (κ2) is 5.46. The van der Waals surface area contributed by atoms with E-state index >= 15 is 0 Å². The van der Waals surface area contributed by atoms with Gasteiger partial charge in [-0.05, 0) is 24.1 Å². The first kappa shape index (κ1) is 11.7. The Kier molecular flexibility index (Phi) is 4.24. The lowest BCUT2D eigenvalue weighted by Gasteiger charge is -2.10. The summed E-state index contributed by atoms with van der Waals surface area (Å²) in [6.07, 6.45) is 3.60. The highest BCUT2D eigenvalue weighted by Crippen LogP contribution is 2.04. The molecular formula is C11H17N3O. The van der Waals surface area contributed by atoms with Crippen LogP contribution < -0.4 is 11.1 Å². The minimum absolute atomic E-state index is 0.137. The van der Waals surface area contributed by atoms with Crippen LogP contribution in [0.15, 0.2) is 18.5 Å². The molecule has 1 atom stereocenters. The second-order valence-electron chi connectivity index (χ2n) is 3.74. The van der Waals surface area contributed by atoms with Gasteiger partial charge in [-0.25, -0.2) is 0 Å². The third-order valence-corrected chi connectivity index (χ3v) is 2.40. The van der Waals surface area contributed by atoms with Crippen LogP contribution in [0.2, 0.25) is 0 Å². The van der Waals surface area contributed by atoms with E-state index < -0.39 is 0 Å². The molecule has 0 aliphatic heterocycles. The maximum absolute atomic E-state index is 10.8. The van der Waals surface area contributed by atoms with Crippen LogP contribution in [-0.4, -0.2) is 17.4 Å². The highest BCUT2D eigenvalue weighted by molar-refractivity contribution is 5.76. The van der Waals surface area contributed by atoms with E-state index in [1.165, 1.54) is 5.56 Å². The number of rotatable bonds is 5. The number of nitrogens with two attached hydrogens (primary N) is 1. The van der Waals surface area contributed by atoms with Crippen LogP contribution in [0, 0.1) is 12.8 Å². The highest BCUT2D eigenvalue weighted by Gasteiger charge is 2.07. The number of nitrogens with one attached hydrogen (secondary N) is 1. The Morgan fingerprint density at radius 1 is 1.67 bits per heavy atom. The van der Waals surface area contributed by atoms with E-state index in [0.29, 0.717) is 6.54 Å². The summed E-state index contributed by atoms with van der Waals surface area (Å²) in [6.45, 7) is 5.17. The Labute approximate surface area is 89.9 Å². The van der Waals surface area contributed by atoms with Crippen LogP contribution in [0.5, 0.6) is 0 Å². The Hall–Kier alpha value is -1.42. The standard InChI is InChI=1S/C11H17N3O/c1-8-3-4-13-6-10(8)7-14-5-9(2)11(12)15/h3-4,6,9,14H,5,7H2,1-2H3,(H2,12,15). The molecule has 1 unspecified atom stereocenters. The zero-order valence-corrected chi connectivity index (χ0v) is 9.16. The molecule has 4 heteroatoms. The van der Waals surface area contributed by atoms with Gasteiger partial charge in [-0.1, -0.05) is 6.92 Å². The van der Waals surface area contributed by atoms with E-state index in [9.17, 15) is 4.79 Å². The second-order valence-corrected chi connectivity index (χ2v) is 3.74. The van der Waals surface area contributed by atoms with Gasteiger partial charge in [0.1, 0.15) is 0 Å². The Bertz CT molecular complexity index is 338. The van der Waals surface area contributed by atoms with Gasteiger partial charge in [-0.15, -0.1) is 0 Å². The third-order valence-electron chi connectivity index (χ3n) is 2.40. The van der Waals surface area contributed by atoms with Crippen molar-refractivity contribution in [1.82, 2.24) is 10.3 Å². The predicted molar refractivity (Wildman–Crippen MR) is 59.0 cm³/mol. The number of amides is 1. The average Bonchev–Trinajstić information content (AvgIpc) is 2.20. The Morgan fingerprint density at radius 2 is 2.40 bits per heavy atom. The van der Waals surface area contributed by atoms with E-state index in [0.717, 1.165) is 12.1 Å². The first-order chi connectivity index (χ1) is 7.11. The predicted octanol–water partition coefficient (Wildman–Crippen LogP) is 0.601. The van der Waals surface area contributed by atoms with Gasteiger partial charge < -0.3 is 11.1 Å². The molecule has 15 heavy (non-hydrogen) atoms. The zero-order chi connectivity index (χ0) is 11.3. The largest absolute Gasteiger partial charge is 0.369 e. The summed E-state index contributed by atoms with van der Waals surface area (Å²) in [5, 5.41) is 3.18. The first-order valence-corrected chi connectivity index (χ1v) is 5.00. The molecule has 0 spiro atoms. The monoisotopic (exact) mass is 207 g/mol. The van der Waals surface area contributed by atoms with E-state index in [-0.39, 0.29) is 11.8 Å². The molecule has 1 amide bonds. The lowest BCUT2D eigenvalue weighted by Crippen LogP contribution is -2.30. The summed E-state index contributed by atoms with van der Waals surface area (Å²) < 4.78 is 0. The van der Waals surface area contributed by atoms with E-state index in [2.05, 4.69) is 10.3 Å². The molecule has 4 nitrogen and oxygen atoms in total. The molecular weight excluding hydrogens is 190 g/mol. The molecule has 0 aromatic carbocycles. The van der Waals surface area contributed by atoms with Gasteiger partial charge in [0, 0.05) is 31.4 Å². The highest BCUT2D eigenvalue weighted by atomic mass is 16.1. The molecule has 0 radical (unpaired) electrons. The number of aromatic nitrogens is 1. The lowest BCUT2D eigenvalue weighted by molar-refractivity contribution is -0.121. The fourth-order valence-corrected chi connectivity index (χ4v) is 1.21. The van der Waals surface area contributed by atoms with Crippen LogP contribution in [0.1, 0.15) is 18.1 Å². The van der Waals surface area contributed by atoms with Gasteiger partial charge in [-0.3, -0.25) is 9.78 Å². The SMILES string of the molecule is Cc1ccncc1CNCC(C)C(N)=O. The van der Waals surface area contributed by atoms with E-state index in [4.69, 9.17) is 5.73 Å². The fourth-order valence-electron chi connectivity index (χ4n) is 1.21. The molecule has 1 aromatic rings. The van der Waals surface area contributed by atoms with Crippen LogP contribution >= 0.6 is 0 Å². The molecule has 1 rings (SSSR count). The van der Waals surface area contributed by atoms with Crippen molar-refractivity contribution < 1.29 is 4.79 Å².